The molecule has 1 saturated heterocycles. The number of hydrogen-bond donors (Lipinski definition) is 1. The summed E-state index contributed by atoms with van der Waals surface area (Å²) in [6.45, 7) is 4.17. The summed E-state index contributed by atoms with van der Waals surface area (Å²) in [5, 5.41) is 3.51. The highest BCUT2D eigenvalue weighted by Gasteiger charge is 2.09. The van der Waals surface area contributed by atoms with Crippen molar-refractivity contribution >= 4 is 6.21 Å². The second-order valence-electron chi connectivity index (χ2n) is 4.60. The van der Waals surface area contributed by atoms with Gasteiger partial charge in [0.05, 0.1) is 6.21 Å². The Morgan fingerprint density at radius 1 is 1.28 bits per heavy atom. The highest BCUT2D eigenvalue weighted by Crippen LogP contribution is 2.13. The van der Waals surface area contributed by atoms with Gasteiger partial charge in [-0.3, -0.25) is 4.90 Å². The van der Waals surface area contributed by atoms with E-state index in [4.69, 9.17) is 10.6 Å². The molecule has 1 aromatic rings. The van der Waals surface area contributed by atoms with E-state index in [2.05, 4.69) is 10.0 Å². The summed E-state index contributed by atoms with van der Waals surface area (Å²) >= 11 is 0. The van der Waals surface area contributed by atoms with E-state index in [1.165, 1.54) is 32.4 Å². The van der Waals surface area contributed by atoms with Gasteiger partial charge in [0.25, 0.3) is 0 Å². The number of nitrogens with two attached hydrogens (primary N) is 1. The van der Waals surface area contributed by atoms with E-state index in [1.807, 2.05) is 24.3 Å². The molecular weight excluding hydrogens is 226 g/mol. The van der Waals surface area contributed by atoms with Gasteiger partial charge < -0.3 is 10.6 Å². The Morgan fingerprint density at radius 2 is 2.11 bits per heavy atom. The number of rotatable bonds is 5. The Bertz CT molecular complexity index is 386. The van der Waals surface area contributed by atoms with E-state index in [1.54, 1.807) is 6.21 Å². The van der Waals surface area contributed by atoms with Crippen molar-refractivity contribution in [1.29, 1.82) is 0 Å². The SMILES string of the molecule is NN=Cc1cccc(OCCN2CCCCC2)c1. The highest BCUT2D eigenvalue weighted by molar-refractivity contribution is 5.79. The van der Waals surface area contributed by atoms with E-state index in [-0.39, 0.29) is 0 Å². The summed E-state index contributed by atoms with van der Waals surface area (Å²) in [6, 6.07) is 7.82. The van der Waals surface area contributed by atoms with Gasteiger partial charge in [-0.15, -0.1) is 0 Å². The molecule has 2 N–H and O–H groups in total. The van der Waals surface area contributed by atoms with E-state index < -0.39 is 0 Å². The Balaban J connectivity index is 1.77. The first-order valence-electron chi connectivity index (χ1n) is 6.57. The summed E-state index contributed by atoms with van der Waals surface area (Å²) in [4.78, 5) is 2.47. The molecule has 0 aliphatic carbocycles. The van der Waals surface area contributed by atoms with Crippen LogP contribution in [0.4, 0.5) is 0 Å². The normalized spacial score (nSPS) is 17.1. The third-order valence-corrected chi connectivity index (χ3v) is 3.21. The lowest BCUT2D eigenvalue weighted by atomic mass is 10.1. The molecule has 0 aromatic heterocycles. The van der Waals surface area contributed by atoms with Gasteiger partial charge in [-0.05, 0) is 43.6 Å². The van der Waals surface area contributed by atoms with E-state index in [0.29, 0.717) is 0 Å². The molecule has 1 aliphatic heterocycles. The lowest BCUT2D eigenvalue weighted by Crippen LogP contribution is -2.33. The summed E-state index contributed by atoms with van der Waals surface area (Å²) in [7, 11) is 0. The fourth-order valence-electron chi connectivity index (χ4n) is 2.25. The predicted octanol–water partition coefficient (Wildman–Crippen LogP) is 1.84. The number of hydrazone groups is 1. The van der Waals surface area contributed by atoms with E-state index in [9.17, 15) is 0 Å². The Morgan fingerprint density at radius 3 is 2.89 bits per heavy atom. The third-order valence-electron chi connectivity index (χ3n) is 3.21. The first kappa shape index (κ1) is 12.9. The fraction of sp³-hybridized carbons (Fsp3) is 0.500. The molecule has 0 radical (unpaired) electrons. The molecular formula is C14H21N3O. The molecule has 1 aromatic carbocycles. The van der Waals surface area contributed by atoms with Gasteiger partial charge in [0.1, 0.15) is 12.4 Å². The van der Waals surface area contributed by atoms with Crippen LogP contribution in [0.1, 0.15) is 24.8 Å². The molecule has 2 rings (SSSR count). The lowest BCUT2D eigenvalue weighted by molar-refractivity contribution is 0.183. The zero-order valence-electron chi connectivity index (χ0n) is 10.7. The molecule has 1 heterocycles. The first-order chi connectivity index (χ1) is 8.88. The van der Waals surface area contributed by atoms with Crippen LogP contribution in [0.25, 0.3) is 0 Å². The van der Waals surface area contributed by atoms with Crippen LogP contribution < -0.4 is 10.6 Å². The second-order valence-corrected chi connectivity index (χ2v) is 4.60. The molecule has 98 valence electrons. The minimum atomic E-state index is 0.739. The van der Waals surface area contributed by atoms with E-state index >= 15 is 0 Å². The van der Waals surface area contributed by atoms with Gasteiger partial charge >= 0.3 is 0 Å². The Labute approximate surface area is 108 Å². The minimum Gasteiger partial charge on any atom is -0.492 e. The molecule has 4 heteroatoms. The number of nitrogens with zero attached hydrogens (tertiary/aromatic N) is 2. The van der Waals surface area contributed by atoms with Crippen molar-refractivity contribution < 1.29 is 4.74 Å². The van der Waals surface area contributed by atoms with Gasteiger partial charge in [0, 0.05) is 6.54 Å². The van der Waals surface area contributed by atoms with Crippen molar-refractivity contribution in [2.45, 2.75) is 19.3 Å². The van der Waals surface area contributed by atoms with Crippen LogP contribution in [0, 0.1) is 0 Å². The molecule has 1 aliphatic rings. The highest BCUT2D eigenvalue weighted by atomic mass is 16.5. The topological polar surface area (TPSA) is 50.9 Å². The van der Waals surface area contributed by atoms with Gasteiger partial charge in [-0.2, -0.15) is 5.10 Å². The zero-order valence-corrected chi connectivity index (χ0v) is 10.7. The molecule has 0 spiro atoms. The quantitative estimate of drug-likeness (QED) is 0.491. The molecule has 0 saturated carbocycles. The van der Waals surface area contributed by atoms with Crippen molar-refractivity contribution in [3.05, 3.63) is 29.8 Å². The van der Waals surface area contributed by atoms with E-state index in [0.717, 1.165) is 24.5 Å². The smallest absolute Gasteiger partial charge is 0.120 e. The van der Waals surface area contributed by atoms with Gasteiger partial charge in [-0.1, -0.05) is 18.6 Å². The van der Waals surface area contributed by atoms with Gasteiger partial charge in [-0.25, -0.2) is 0 Å². The Hall–Kier alpha value is -1.55. The number of benzene rings is 1. The van der Waals surface area contributed by atoms with Gasteiger partial charge in [0.15, 0.2) is 0 Å². The molecule has 0 amide bonds. The molecule has 1 fully saturated rings. The summed E-state index contributed by atoms with van der Waals surface area (Å²) in [5.74, 6) is 6.01. The molecule has 0 unspecified atom stereocenters. The van der Waals surface area contributed by atoms with Crippen molar-refractivity contribution in [3.8, 4) is 5.75 Å². The molecule has 4 nitrogen and oxygen atoms in total. The molecule has 0 bridgehead atoms. The van der Waals surface area contributed by atoms with Crippen LogP contribution in [0.5, 0.6) is 5.75 Å². The third kappa shape index (κ3) is 4.04. The van der Waals surface area contributed by atoms with Crippen LogP contribution in [0.2, 0.25) is 0 Å². The zero-order chi connectivity index (χ0) is 12.6. The average molecular weight is 247 g/mol. The van der Waals surface area contributed by atoms with Crippen LogP contribution in [-0.2, 0) is 0 Å². The van der Waals surface area contributed by atoms with Crippen molar-refractivity contribution in [1.82, 2.24) is 4.90 Å². The van der Waals surface area contributed by atoms with Crippen molar-refractivity contribution in [2.24, 2.45) is 10.9 Å². The molecule has 18 heavy (non-hydrogen) atoms. The van der Waals surface area contributed by atoms with Gasteiger partial charge in [0.2, 0.25) is 0 Å². The average Bonchev–Trinajstić information content (AvgIpc) is 2.41. The van der Waals surface area contributed by atoms with Crippen molar-refractivity contribution in [3.63, 3.8) is 0 Å². The maximum Gasteiger partial charge on any atom is 0.120 e. The predicted molar refractivity (Wildman–Crippen MR) is 74.0 cm³/mol. The van der Waals surface area contributed by atoms with Crippen molar-refractivity contribution in [2.75, 3.05) is 26.2 Å². The second kappa shape index (κ2) is 7.01. The number of likely N-dealkylation sites (tertiary alicyclic amines) is 1. The Kier molecular flexibility index (Phi) is 5.02. The largest absolute Gasteiger partial charge is 0.492 e. The standard InChI is InChI=1S/C14H21N3O/c15-16-12-13-5-4-6-14(11-13)18-10-9-17-7-2-1-3-8-17/h4-6,11-12H,1-3,7-10,15H2. The monoisotopic (exact) mass is 247 g/mol. The van der Waals surface area contributed by atoms with Crippen LogP contribution in [0.3, 0.4) is 0 Å². The maximum atomic E-state index is 5.75. The van der Waals surface area contributed by atoms with Crippen LogP contribution in [0.15, 0.2) is 29.4 Å². The lowest BCUT2D eigenvalue weighted by Gasteiger charge is -2.26. The van der Waals surface area contributed by atoms with Crippen LogP contribution in [-0.4, -0.2) is 37.4 Å². The summed E-state index contributed by atoms with van der Waals surface area (Å²) < 4.78 is 5.75. The number of piperidine rings is 1. The summed E-state index contributed by atoms with van der Waals surface area (Å²) in [6.07, 6.45) is 5.64. The number of hydrogen-bond acceptors (Lipinski definition) is 4. The first-order valence-corrected chi connectivity index (χ1v) is 6.57. The molecule has 0 atom stereocenters. The summed E-state index contributed by atoms with van der Waals surface area (Å²) in [5.41, 5.74) is 0.966. The fourth-order valence-corrected chi connectivity index (χ4v) is 2.25. The number of ether oxygens (including phenoxy) is 1. The maximum absolute atomic E-state index is 5.75. The minimum absolute atomic E-state index is 0.739. The van der Waals surface area contributed by atoms with Crippen LogP contribution >= 0.6 is 0 Å².